The first kappa shape index (κ1) is 9.46. The van der Waals surface area contributed by atoms with Crippen molar-refractivity contribution in [3.05, 3.63) is 30.5 Å². The number of aromatic nitrogens is 1. The molecule has 3 rings (SSSR count). The molecule has 0 atom stereocenters. The van der Waals surface area contributed by atoms with Gasteiger partial charge < -0.3 is 10.6 Å². The van der Waals surface area contributed by atoms with E-state index in [1.807, 2.05) is 18.2 Å². The van der Waals surface area contributed by atoms with Gasteiger partial charge >= 0.3 is 0 Å². The van der Waals surface area contributed by atoms with E-state index in [1.54, 1.807) is 6.20 Å². The molecule has 0 unspecified atom stereocenters. The van der Waals surface area contributed by atoms with Crippen LogP contribution in [0.3, 0.4) is 0 Å². The van der Waals surface area contributed by atoms with Crippen molar-refractivity contribution in [2.24, 2.45) is 0 Å². The van der Waals surface area contributed by atoms with E-state index in [1.165, 1.54) is 12.8 Å². The van der Waals surface area contributed by atoms with Crippen LogP contribution in [0, 0.1) is 0 Å². The summed E-state index contributed by atoms with van der Waals surface area (Å²) in [6.07, 6.45) is 4.36. The second-order valence-corrected chi connectivity index (χ2v) is 4.41. The van der Waals surface area contributed by atoms with Crippen molar-refractivity contribution in [1.29, 1.82) is 0 Å². The van der Waals surface area contributed by atoms with Crippen LogP contribution in [0.5, 0.6) is 0 Å². The van der Waals surface area contributed by atoms with E-state index in [9.17, 15) is 0 Å². The number of benzene rings is 1. The summed E-state index contributed by atoms with van der Waals surface area (Å²) >= 11 is 0. The highest BCUT2D eigenvalue weighted by molar-refractivity contribution is 5.97. The first-order valence-corrected chi connectivity index (χ1v) is 5.63. The molecule has 0 saturated heterocycles. The fraction of sp³-hybridized carbons (Fsp3) is 0.308. The maximum absolute atomic E-state index is 6.20. The van der Waals surface area contributed by atoms with Crippen LogP contribution in [0.15, 0.2) is 30.5 Å². The molecule has 16 heavy (non-hydrogen) atoms. The first-order chi connectivity index (χ1) is 7.77. The zero-order valence-electron chi connectivity index (χ0n) is 9.35. The molecule has 3 heteroatoms. The summed E-state index contributed by atoms with van der Waals surface area (Å²) in [7, 11) is 2.12. The monoisotopic (exact) mass is 213 g/mol. The highest BCUT2D eigenvalue weighted by Gasteiger charge is 2.27. The van der Waals surface area contributed by atoms with Gasteiger partial charge in [-0.3, -0.25) is 4.98 Å². The Kier molecular flexibility index (Phi) is 1.99. The van der Waals surface area contributed by atoms with Gasteiger partial charge in [0.15, 0.2) is 0 Å². The first-order valence-electron chi connectivity index (χ1n) is 5.63. The Hall–Kier alpha value is -1.77. The number of anilines is 2. The van der Waals surface area contributed by atoms with Gasteiger partial charge in [-0.15, -0.1) is 0 Å². The van der Waals surface area contributed by atoms with Crippen LogP contribution in [0.2, 0.25) is 0 Å². The topological polar surface area (TPSA) is 42.2 Å². The molecule has 1 aromatic carbocycles. The van der Waals surface area contributed by atoms with Gasteiger partial charge in [0.05, 0.1) is 16.9 Å². The van der Waals surface area contributed by atoms with Gasteiger partial charge in [0, 0.05) is 24.7 Å². The van der Waals surface area contributed by atoms with Crippen LogP contribution in [0.25, 0.3) is 10.9 Å². The Morgan fingerprint density at radius 1 is 1.31 bits per heavy atom. The molecule has 0 spiro atoms. The molecule has 1 heterocycles. The lowest BCUT2D eigenvalue weighted by Crippen LogP contribution is -2.20. The lowest BCUT2D eigenvalue weighted by molar-refractivity contribution is 0.919. The van der Waals surface area contributed by atoms with Crippen LogP contribution in [0.1, 0.15) is 12.8 Å². The van der Waals surface area contributed by atoms with Crippen molar-refractivity contribution in [1.82, 2.24) is 4.98 Å². The Bertz CT molecular complexity index is 532. The summed E-state index contributed by atoms with van der Waals surface area (Å²) in [6.45, 7) is 0. The molecule has 1 saturated carbocycles. The number of hydrogen-bond donors (Lipinski definition) is 1. The molecule has 3 nitrogen and oxygen atoms in total. The summed E-state index contributed by atoms with van der Waals surface area (Å²) < 4.78 is 0. The van der Waals surface area contributed by atoms with E-state index in [0.29, 0.717) is 6.04 Å². The quantitative estimate of drug-likeness (QED) is 0.779. The third-order valence-electron chi connectivity index (χ3n) is 3.28. The molecule has 2 N–H and O–H groups in total. The average Bonchev–Trinajstić information content (AvgIpc) is 3.13. The summed E-state index contributed by atoms with van der Waals surface area (Å²) in [4.78, 5) is 6.58. The highest BCUT2D eigenvalue weighted by Crippen LogP contribution is 2.36. The molecule has 0 radical (unpaired) electrons. The largest absolute Gasteiger partial charge is 0.396 e. The van der Waals surface area contributed by atoms with E-state index in [2.05, 4.69) is 23.0 Å². The maximum Gasteiger partial charge on any atom is 0.0724 e. The second kappa shape index (κ2) is 3.37. The van der Waals surface area contributed by atoms with Crippen molar-refractivity contribution in [3.8, 4) is 0 Å². The molecule has 1 aliphatic carbocycles. The van der Waals surface area contributed by atoms with E-state index in [0.717, 1.165) is 22.3 Å². The predicted octanol–water partition coefficient (Wildman–Crippen LogP) is 2.42. The van der Waals surface area contributed by atoms with E-state index < -0.39 is 0 Å². The number of pyridine rings is 1. The Labute approximate surface area is 94.9 Å². The van der Waals surface area contributed by atoms with Crippen LogP contribution < -0.4 is 10.6 Å². The third kappa shape index (κ3) is 1.40. The van der Waals surface area contributed by atoms with Crippen LogP contribution in [0.4, 0.5) is 11.4 Å². The van der Waals surface area contributed by atoms with Crippen molar-refractivity contribution in [3.63, 3.8) is 0 Å². The van der Waals surface area contributed by atoms with Gasteiger partial charge in [-0.1, -0.05) is 0 Å². The fourth-order valence-electron chi connectivity index (χ4n) is 2.13. The molecular weight excluding hydrogens is 198 g/mol. The molecule has 1 aliphatic rings. The minimum absolute atomic E-state index is 0.677. The maximum atomic E-state index is 6.20. The minimum atomic E-state index is 0.677. The molecule has 0 amide bonds. The summed E-state index contributed by atoms with van der Waals surface area (Å²) in [5, 5.41) is 1.05. The molecule has 1 fully saturated rings. The molecular formula is C13H15N3. The van der Waals surface area contributed by atoms with Gasteiger partial charge in [0.2, 0.25) is 0 Å². The predicted molar refractivity (Wildman–Crippen MR) is 67.6 cm³/mol. The minimum Gasteiger partial charge on any atom is -0.396 e. The number of nitrogens with two attached hydrogens (primary N) is 1. The number of hydrogen-bond acceptors (Lipinski definition) is 3. The smallest absolute Gasteiger partial charge is 0.0724 e. The molecule has 1 aromatic heterocycles. The Morgan fingerprint density at radius 3 is 2.88 bits per heavy atom. The van der Waals surface area contributed by atoms with E-state index >= 15 is 0 Å². The SMILES string of the molecule is CN(c1ccc2ncccc2c1N)C1CC1. The lowest BCUT2D eigenvalue weighted by Gasteiger charge is -2.21. The van der Waals surface area contributed by atoms with Crippen molar-refractivity contribution in [2.75, 3.05) is 17.7 Å². The molecule has 82 valence electrons. The highest BCUT2D eigenvalue weighted by atomic mass is 15.2. The number of rotatable bonds is 2. The second-order valence-electron chi connectivity index (χ2n) is 4.41. The van der Waals surface area contributed by atoms with Gasteiger partial charge in [0.1, 0.15) is 0 Å². The summed E-state index contributed by atoms with van der Waals surface area (Å²) in [5.74, 6) is 0. The van der Waals surface area contributed by atoms with Gasteiger partial charge in [-0.05, 0) is 37.1 Å². The summed E-state index contributed by atoms with van der Waals surface area (Å²) in [6, 6.07) is 8.75. The molecule has 0 aliphatic heterocycles. The van der Waals surface area contributed by atoms with Crippen molar-refractivity contribution >= 4 is 22.3 Å². The normalized spacial score (nSPS) is 15.3. The third-order valence-corrected chi connectivity index (χ3v) is 3.28. The molecule has 0 bridgehead atoms. The Balaban J connectivity index is 2.15. The van der Waals surface area contributed by atoms with Crippen molar-refractivity contribution in [2.45, 2.75) is 18.9 Å². The van der Waals surface area contributed by atoms with Crippen LogP contribution >= 0.6 is 0 Å². The zero-order chi connectivity index (χ0) is 11.1. The van der Waals surface area contributed by atoms with Crippen LogP contribution in [-0.2, 0) is 0 Å². The van der Waals surface area contributed by atoms with Crippen LogP contribution in [-0.4, -0.2) is 18.1 Å². The van der Waals surface area contributed by atoms with E-state index in [4.69, 9.17) is 5.73 Å². The van der Waals surface area contributed by atoms with Gasteiger partial charge in [-0.25, -0.2) is 0 Å². The molecule has 2 aromatic rings. The zero-order valence-corrected chi connectivity index (χ0v) is 9.35. The standard InChI is InChI=1S/C13H15N3/c1-16(9-4-5-9)12-7-6-11-10(13(12)14)3-2-8-15-11/h2-3,6-9H,4-5,14H2,1H3. The lowest BCUT2D eigenvalue weighted by atomic mass is 10.1. The van der Waals surface area contributed by atoms with Crippen molar-refractivity contribution < 1.29 is 0 Å². The van der Waals surface area contributed by atoms with Gasteiger partial charge in [0.25, 0.3) is 0 Å². The van der Waals surface area contributed by atoms with E-state index in [-0.39, 0.29) is 0 Å². The average molecular weight is 213 g/mol. The number of nitrogen functional groups attached to an aromatic ring is 1. The summed E-state index contributed by atoms with van der Waals surface area (Å²) in [5.41, 5.74) is 9.14. The van der Waals surface area contributed by atoms with Gasteiger partial charge in [-0.2, -0.15) is 0 Å². The Morgan fingerprint density at radius 2 is 2.12 bits per heavy atom. The number of nitrogens with zero attached hydrogens (tertiary/aromatic N) is 2. The fourth-order valence-corrected chi connectivity index (χ4v) is 2.13. The number of fused-ring (bicyclic) bond motifs is 1.